The zero-order chi connectivity index (χ0) is 18.9. The van der Waals surface area contributed by atoms with E-state index in [9.17, 15) is 9.59 Å². The minimum absolute atomic E-state index is 0.0290. The Balaban J connectivity index is 1.35. The Hall–Kier alpha value is -2.22. The van der Waals surface area contributed by atoms with E-state index in [4.69, 9.17) is 4.74 Å². The van der Waals surface area contributed by atoms with Crippen LogP contribution in [0.15, 0.2) is 12.4 Å². The highest BCUT2D eigenvalue weighted by Crippen LogP contribution is 2.43. The van der Waals surface area contributed by atoms with Crippen molar-refractivity contribution in [3.05, 3.63) is 18.1 Å². The van der Waals surface area contributed by atoms with Crippen molar-refractivity contribution in [2.24, 2.45) is 5.41 Å². The summed E-state index contributed by atoms with van der Waals surface area (Å²) < 4.78 is 10.4. The minimum atomic E-state index is -0.496. The van der Waals surface area contributed by atoms with E-state index in [1.165, 1.54) is 26.1 Å². The van der Waals surface area contributed by atoms with E-state index >= 15 is 0 Å². The van der Waals surface area contributed by atoms with Crippen LogP contribution in [-0.4, -0.2) is 72.7 Å². The molecule has 1 spiro atoms. The first-order chi connectivity index (χ1) is 13.1. The largest absolute Gasteiger partial charge is 0.464 e. The first-order valence-corrected chi connectivity index (χ1v) is 9.68. The van der Waals surface area contributed by atoms with Gasteiger partial charge in [0.25, 0.3) is 0 Å². The van der Waals surface area contributed by atoms with Crippen LogP contribution in [0.5, 0.6) is 0 Å². The zero-order valence-electron chi connectivity index (χ0n) is 15.7. The molecule has 1 aromatic heterocycles. The maximum absolute atomic E-state index is 12.6. The Morgan fingerprint density at radius 2 is 1.96 bits per heavy atom. The van der Waals surface area contributed by atoms with Gasteiger partial charge < -0.3 is 14.4 Å². The van der Waals surface area contributed by atoms with Gasteiger partial charge in [0, 0.05) is 26.1 Å². The number of hydrogen-bond acceptors (Lipinski definition) is 8. The second-order valence-corrected chi connectivity index (χ2v) is 7.76. The molecular formula is C19H26N4O4. The van der Waals surface area contributed by atoms with Crippen LogP contribution in [0.2, 0.25) is 0 Å². The van der Waals surface area contributed by atoms with E-state index in [1.807, 2.05) is 0 Å². The highest BCUT2D eigenvalue weighted by atomic mass is 16.6. The molecule has 27 heavy (non-hydrogen) atoms. The van der Waals surface area contributed by atoms with Crippen molar-refractivity contribution < 1.29 is 19.1 Å². The number of esters is 2. The molecule has 0 N–H and O–H groups in total. The van der Waals surface area contributed by atoms with Gasteiger partial charge in [0.15, 0.2) is 5.69 Å². The number of carbonyl (C=O) groups excluding carboxylic acids is 2. The van der Waals surface area contributed by atoms with Gasteiger partial charge in [0.2, 0.25) is 0 Å². The normalized spacial score (nSPS) is 25.0. The second-order valence-electron chi connectivity index (χ2n) is 7.76. The summed E-state index contributed by atoms with van der Waals surface area (Å²) >= 11 is 0. The number of hydrogen-bond donors (Lipinski definition) is 0. The predicted octanol–water partition coefficient (Wildman–Crippen LogP) is 1.26. The Kier molecular flexibility index (Phi) is 4.99. The average molecular weight is 374 g/mol. The Bertz CT molecular complexity index is 694. The number of anilines is 1. The van der Waals surface area contributed by atoms with E-state index in [0.717, 1.165) is 57.8 Å². The predicted molar refractivity (Wildman–Crippen MR) is 97.4 cm³/mol. The lowest BCUT2D eigenvalue weighted by atomic mass is 9.76. The molecule has 8 heteroatoms. The molecule has 3 fully saturated rings. The summed E-state index contributed by atoms with van der Waals surface area (Å²) in [6, 6.07) is 0. The van der Waals surface area contributed by atoms with Crippen molar-refractivity contribution in [1.82, 2.24) is 14.9 Å². The molecule has 0 radical (unpaired) electrons. The van der Waals surface area contributed by atoms with Gasteiger partial charge in [-0.05, 0) is 38.8 Å². The third-order valence-electron chi connectivity index (χ3n) is 6.06. The van der Waals surface area contributed by atoms with Crippen LogP contribution in [-0.2, 0) is 14.3 Å². The number of nitrogens with zero attached hydrogens (tertiary/aromatic N) is 4. The van der Waals surface area contributed by atoms with Crippen LogP contribution in [0.4, 0.5) is 5.82 Å². The van der Waals surface area contributed by atoms with Gasteiger partial charge in [-0.1, -0.05) is 0 Å². The molecule has 0 saturated carbocycles. The standard InChI is InChI=1S/C19H26N4O4/c1-26-17(24)15-11-21-16(12-20-15)23-8-4-19(5-9-23)10-14(27-18(19)25)13-22-6-2-3-7-22/h11-12,14H,2-10,13H2,1H3. The lowest BCUT2D eigenvalue weighted by Gasteiger charge is -2.37. The molecular weight excluding hydrogens is 348 g/mol. The van der Waals surface area contributed by atoms with Crippen LogP contribution in [0, 0.1) is 5.41 Å². The number of aromatic nitrogens is 2. The van der Waals surface area contributed by atoms with Crippen molar-refractivity contribution in [3.63, 3.8) is 0 Å². The molecule has 4 heterocycles. The SMILES string of the molecule is COC(=O)c1cnc(N2CCC3(CC2)CC(CN2CCCC2)OC3=O)cn1. The van der Waals surface area contributed by atoms with E-state index in [2.05, 4.69) is 24.5 Å². The summed E-state index contributed by atoms with van der Waals surface area (Å²) in [4.78, 5) is 37.0. The van der Waals surface area contributed by atoms with Crippen LogP contribution in [0.1, 0.15) is 42.6 Å². The molecule has 3 aliphatic rings. The fraction of sp³-hybridized carbons (Fsp3) is 0.684. The average Bonchev–Trinajstić information content (AvgIpc) is 3.30. The maximum Gasteiger partial charge on any atom is 0.358 e. The number of cyclic esters (lactones) is 1. The van der Waals surface area contributed by atoms with E-state index in [0.29, 0.717) is 0 Å². The van der Waals surface area contributed by atoms with Gasteiger partial charge in [-0.2, -0.15) is 0 Å². The summed E-state index contributed by atoms with van der Waals surface area (Å²) in [5.41, 5.74) is -0.154. The highest BCUT2D eigenvalue weighted by molar-refractivity contribution is 5.86. The summed E-state index contributed by atoms with van der Waals surface area (Å²) in [7, 11) is 1.32. The van der Waals surface area contributed by atoms with E-state index < -0.39 is 5.97 Å². The third kappa shape index (κ3) is 3.63. The molecule has 1 aromatic rings. The first kappa shape index (κ1) is 18.2. The first-order valence-electron chi connectivity index (χ1n) is 9.68. The number of likely N-dealkylation sites (tertiary alicyclic amines) is 1. The van der Waals surface area contributed by atoms with Crippen LogP contribution in [0.25, 0.3) is 0 Å². The summed E-state index contributed by atoms with van der Waals surface area (Å²) in [6.45, 7) is 4.58. The van der Waals surface area contributed by atoms with Gasteiger partial charge in [-0.25, -0.2) is 14.8 Å². The molecule has 1 atom stereocenters. The van der Waals surface area contributed by atoms with Crippen molar-refractivity contribution in [2.45, 2.75) is 38.2 Å². The summed E-state index contributed by atoms with van der Waals surface area (Å²) in [6.07, 6.45) is 7.90. The van der Waals surface area contributed by atoms with Gasteiger partial charge in [-0.3, -0.25) is 9.69 Å². The number of carbonyl (C=O) groups is 2. The fourth-order valence-corrected chi connectivity index (χ4v) is 4.46. The molecule has 0 amide bonds. The lowest BCUT2D eigenvalue weighted by molar-refractivity contribution is -0.150. The monoisotopic (exact) mass is 374 g/mol. The van der Waals surface area contributed by atoms with Gasteiger partial charge >= 0.3 is 11.9 Å². The lowest BCUT2D eigenvalue weighted by Crippen LogP contribution is -2.43. The number of rotatable bonds is 4. The van der Waals surface area contributed by atoms with Crippen LogP contribution < -0.4 is 4.90 Å². The van der Waals surface area contributed by atoms with E-state index in [1.54, 1.807) is 6.20 Å². The van der Waals surface area contributed by atoms with Crippen molar-refractivity contribution in [1.29, 1.82) is 0 Å². The Morgan fingerprint density at radius 1 is 1.22 bits per heavy atom. The molecule has 0 aliphatic carbocycles. The van der Waals surface area contributed by atoms with Crippen molar-refractivity contribution in [3.8, 4) is 0 Å². The van der Waals surface area contributed by atoms with Crippen LogP contribution in [0.3, 0.4) is 0 Å². The third-order valence-corrected chi connectivity index (χ3v) is 6.06. The fourth-order valence-electron chi connectivity index (χ4n) is 4.46. The smallest absolute Gasteiger partial charge is 0.358 e. The highest BCUT2D eigenvalue weighted by Gasteiger charge is 2.50. The van der Waals surface area contributed by atoms with Crippen molar-refractivity contribution >= 4 is 17.8 Å². The number of ether oxygens (including phenoxy) is 2. The Labute approximate surface area is 158 Å². The molecule has 8 nitrogen and oxygen atoms in total. The van der Waals surface area contributed by atoms with Gasteiger partial charge in [0.05, 0.1) is 24.9 Å². The van der Waals surface area contributed by atoms with Gasteiger partial charge in [0.1, 0.15) is 11.9 Å². The minimum Gasteiger partial charge on any atom is -0.464 e. The zero-order valence-corrected chi connectivity index (χ0v) is 15.7. The Morgan fingerprint density at radius 3 is 2.59 bits per heavy atom. The van der Waals surface area contributed by atoms with E-state index in [-0.39, 0.29) is 23.2 Å². The molecule has 0 bridgehead atoms. The van der Waals surface area contributed by atoms with Gasteiger partial charge in [-0.15, -0.1) is 0 Å². The number of piperidine rings is 1. The van der Waals surface area contributed by atoms with Crippen LogP contribution >= 0.6 is 0 Å². The molecule has 1 unspecified atom stereocenters. The second kappa shape index (κ2) is 7.42. The maximum atomic E-state index is 12.6. The van der Waals surface area contributed by atoms with Crippen molar-refractivity contribution in [2.75, 3.05) is 44.7 Å². The molecule has 146 valence electrons. The molecule has 3 saturated heterocycles. The summed E-state index contributed by atoms with van der Waals surface area (Å²) in [5.74, 6) is 0.195. The quantitative estimate of drug-likeness (QED) is 0.729. The number of methoxy groups -OCH3 is 1. The molecule has 0 aromatic carbocycles. The summed E-state index contributed by atoms with van der Waals surface area (Å²) in [5, 5.41) is 0. The molecule has 3 aliphatic heterocycles. The molecule has 4 rings (SSSR count). The topological polar surface area (TPSA) is 84.9 Å².